The molecule has 2 heterocycles. The van der Waals surface area contributed by atoms with E-state index in [1.54, 1.807) is 18.7 Å². The highest BCUT2D eigenvalue weighted by atomic mass is 35.5. The molecular formula is C18H22ClN5O5S. The molecule has 1 aromatic heterocycles. The molecule has 0 saturated carbocycles. The fraction of sp³-hybridized carbons (Fsp3) is 0.389. The second kappa shape index (κ2) is 10.0. The maximum atomic E-state index is 12.8. The molecule has 3 rings (SSSR count). The van der Waals surface area contributed by atoms with Gasteiger partial charge >= 0.3 is 11.8 Å². The normalized spacial score (nSPS) is 17.0. The summed E-state index contributed by atoms with van der Waals surface area (Å²) in [5, 5.41) is 5.37. The summed E-state index contributed by atoms with van der Waals surface area (Å²) < 4.78 is 34.1. The summed E-state index contributed by atoms with van der Waals surface area (Å²) in [6.45, 7) is 1.17. The average molecular weight is 456 g/mol. The van der Waals surface area contributed by atoms with Gasteiger partial charge in [0.1, 0.15) is 6.23 Å². The third kappa shape index (κ3) is 5.57. The fourth-order valence-corrected chi connectivity index (χ4v) is 4.54. The Labute approximate surface area is 179 Å². The van der Waals surface area contributed by atoms with E-state index in [0.717, 1.165) is 4.31 Å². The molecule has 1 aliphatic rings. The summed E-state index contributed by atoms with van der Waals surface area (Å²) in [5.41, 5.74) is 0. The molecule has 1 aliphatic heterocycles. The number of aromatic nitrogens is 2. The van der Waals surface area contributed by atoms with E-state index < -0.39 is 28.1 Å². The predicted molar refractivity (Wildman–Crippen MR) is 108 cm³/mol. The molecule has 0 aliphatic carbocycles. The van der Waals surface area contributed by atoms with Crippen molar-refractivity contribution in [2.45, 2.75) is 24.1 Å². The van der Waals surface area contributed by atoms with Crippen molar-refractivity contribution >= 4 is 33.4 Å². The lowest BCUT2D eigenvalue weighted by Crippen LogP contribution is -2.47. The molecule has 1 atom stereocenters. The molecule has 2 amide bonds. The van der Waals surface area contributed by atoms with Crippen LogP contribution in [0.5, 0.6) is 0 Å². The highest BCUT2D eigenvalue weighted by molar-refractivity contribution is 7.89. The van der Waals surface area contributed by atoms with Gasteiger partial charge in [0.05, 0.1) is 24.4 Å². The van der Waals surface area contributed by atoms with Gasteiger partial charge in [-0.3, -0.25) is 9.59 Å². The number of carbonyl (C=O) groups excluding carboxylic acids is 2. The Hall–Kier alpha value is -2.47. The molecule has 0 radical (unpaired) electrons. The van der Waals surface area contributed by atoms with Gasteiger partial charge < -0.3 is 19.9 Å². The van der Waals surface area contributed by atoms with Crippen LogP contribution in [-0.2, 0) is 30.9 Å². The zero-order chi connectivity index (χ0) is 21.6. The summed E-state index contributed by atoms with van der Waals surface area (Å²) in [4.78, 5) is 27.9. The summed E-state index contributed by atoms with van der Waals surface area (Å²) in [5.74, 6) is -1.64. The van der Waals surface area contributed by atoms with E-state index in [1.165, 1.54) is 24.3 Å². The number of amides is 2. The quantitative estimate of drug-likeness (QED) is 0.433. The highest BCUT2D eigenvalue weighted by Gasteiger charge is 2.36. The molecule has 12 heteroatoms. The van der Waals surface area contributed by atoms with Gasteiger partial charge in [-0.25, -0.2) is 13.4 Å². The van der Waals surface area contributed by atoms with Gasteiger partial charge in [0.25, 0.3) is 0 Å². The maximum absolute atomic E-state index is 12.8. The number of benzene rings is 1. The number of hydrogen-bond acceptors (Lipinski definition) is 6. The van der Waals surface area contributed by atoms with Gasteiger partial charge in [-0.2, -0.15) is 4.31 Å². The smallest absolute Gasteiger partial charge is 0.309 e. The first-order chi connectivity index (χ1) is 14.4. The molecule has 1 unspecified atom stereocenters. The van der Waals surface area contributed by atoms with Crippen LogP contribution in [0.15, 0.2) is 47.9 Å². The molecule has 2 N–H and O–H groups in total. The van der Waals surface area contributed by atoms with E-state index in [4.69, 9.17) is 16.3 Å². The Balaban J connectivity index is 1.47. The van der Waals surface area contributed by atoms with Crippen LogP contribution in [0.2, 0.25) is 5.02 Å². The van der Waals surface area contributed by atoms with E-state index in [2.05, 4.69) is 15.6 Å². The van der Waals surface area contributed by atoms with Crippen LogP contribution in [0.25, 0.3) is 0 Å². The van der Waals surface area contributed by atoms with Crippen LogP contribution >= 0.6 is 11.6 Å². The van der Waals surface area contributed by atoms with Crippen LogP contribution < -0.4 is 10.6 Å². The second-order valence-corrected chi connectivity index (χ2v) is 8.84. The largest absolute Gasteiger partial charge is 0.359 e. The molecule has 1 saturated heterocycles. The molecular weight excluding hydrogens is 434 g/mol. The first-order valence-corrected chi connectivity index (χ1v) is 11.1. The van der Waals surface area contributed by atoms with Gasteiger partial charge in [-0.1, -0.05) is 11.6 Å². The van der Waals surface area contributed by atoms with Crippen molar-refractivity contribution in [2.75, 3.05) is 26.2 Å². The van der Waals surface area contributed by atoms with E-state index >= 15 is 0 Å². The number of hydrogen-bond donors (Lipinski definition) is 2. The summed E-state index contributed by atoms with van der Waals surface area (Å²) in [6, 6.07) is 5.78. The third-order valence-electron chi connectivity index (χ3n) is 4.44. The number of nitrogens with zero attached hydrogens (tertiary/aromatic N) is 3. The lowest BCUT2D eigenvalue weighted by atomic mass is 10.4. The van der Waals surface area contributed by atoms with Crippen LogP contribution in [0.3, 0.4) is 0 Å². The molecule has 1 fully saturated rings. The van der Waals surface area contributed by atoms with E-state index in [0.29, 0.717) is 24.5 Å². The van der Waals surface area contributed by atoms with Crippen molar-refractivity contribution in [1.29, 1.82) is 0 Å². The Bertz CT molecular complexity index is 965. The standard InChI is InChI=1S/C18H22ClN5O5S/c19-14-2-4-15(5-3-14)30(27,28)24-10-11-29-16(24)12-22-18(26)17(25)21-6-1-8-23-9-7-20-13-23/h2-5,7,9,13,16H,1,6,8,10-12H2,(H,21,25)(H,22,26). The Morgan fingerprint density at radius 3 is 2.63 bits per heavy atom. The molecule has 1 aromatic carbocycles. The van der Waals surface area contributed by atoms with Crippen molar-refractivity contribution in [3.8, 4) is 0 Å². The summed E-state index contributed by atoms with van der Waals surface area (Å²) in [7, 11) is -3.82. The number of aryl methyl sites for hydroxylation is 1. The number of nitrogens with one attached hydrogen (secondary N) is 2. The van der Waals surface area contributed by atoms with Gasteiger partial charge in [-0.15, -0.1) is 0 Å². The number of carbonyl (C=O) groups is 2. The summed E-state index contributed by atoms with van der Waals surface area (Å²) >= 11 is 5.81. The van der Waals surface area contributed by atoms with E-state index in [9.17, 15) is 18.0 Å². The van der Waals surface area contributed by atoms with Crippen molar-refractivity contribution in [2.24, 2.45) is 0 Å². The number of imidazole rings is 1. The first-order valence-electron chi connectivity index (χ1n) is 9.29. The first kappa shape index (κ1) is 22.2. The lowest BCUT2D eigenvalue weighted by molar-refractivity contribution is -0.139. The third-order valence-corrected chi connectivity index (χ3v) is 6.60. The van der Waals surface area contributed by atoms with E-state index in [-0.39, 0.29) is 24.6 Å². The molecule has 10 nitrogen and oxygen atoms in total. The number of ether oxygens (including phenoxy) is 1. The highest BCUT2D eigenvalue weighted by Crippen LogP contribution is 2.23. The van der Waals surface area contributed by atoms with Gasteiger partial charge in [-0.05, 0) is 30.7 Å². The Morgan fingerprint density at radius 1 is 1.20 bits per heavy atom. The topological polar surface area (TPSA) is 123 Å². The van der Waals surface area contributed by atoms with Crippen LogP contribution in [0.4, 0.5) is 0 Å². The minimum absolute atomic E-state index is 0.0735. The molecule has 2 aromatic rings. The average Bonchev–Trinajstić information content (AvgIpc) is 3.41. The monoisotopic (exact) mass is 455 g/mol. The van der Waals surface area contributed by atoms with Gasteiger partial charge in [0.2, 0.25) is 10.0 Å². The predicted octanol–water partition coefficient (Wildman–Crippen LogP) is 0.206. The minimum atomic E-state index is -3.82. The molecule has 0 bridgehead atoms. The number of sulfonamides is 1. The van der Waals surface area contributed by atoms with Crippen molar-refractivity contribution in [3.63, 3.8) is 0 Å². The molecule has 0 spiro atoms. The van der Waals surface area contributed by atoms with Crippen molar-refractivity contribution in [1.82, 2.24) is 24.5 Å². The zero-order valence-corrected chi connectivity index (χ0v) is 17.6. The van der Waals surface area contributed by atoms with Gasteiger partial charge in [0, 0.05) is 37.1 Å². The lowest BCUT2D eigenvalue weighted by Gasteiger charge is -2.22. The zero-order valence-electron chi connectivity index (χ0n) is 16.0. The second-order valence-electron chi connectivity index (χ2n) is 6.52. The maximum Gasteiger partial charge on any atom is 0.309 e. The number of halogens is 1. The van der Waals surface area contributed by atoms with E-state index in [1.807, 2.05) is 4.57 Å². The van der Waals surface area contributed by atoms with Crippen molar-refractivity contribution < 1.29 is 22.7 Å². The van der Waals surface area contributed by atoms with Gasteiger partial charge in [0.15, 0.2) is 0 Å². The van der Waals surface area contributed by atoms with Crippen molar-refractivity contribution in [3.05, 3.63) is 48.0 Å². The van der Waals surface area contributed by atoms with Crippen LogP contribution in [-0.4, -0.2) is 66.6 Å². The number of rotatable bonds is 8. The fourth-order valence-electron chi connectivity index (χ4n) is 2.91. The molecule has 30 heavy (non-hydrogen) atoms. The minimum Gasteiger partial charge on any atom is -0.359 e. The SMILES string of the molecule is O=C(NCCCn1ccnc1)C(=O)NCC1OCCN1S(=O)(=O)c1ccc(Cl)cc1. The Morgan fingerprint density at radius 2 is 1.93 bits per heavy atom. The van der Waals surface area contributed by atoms with Crippen LogP contribution in [0.1, 0.15) is 6.42 Å². The Kier molecular flexibility index (Phi) is 7.43. The summed E-state index contributed by atoms with van der Waals surface area (Å²) in [6.07, 6.45) is 4.87. The van der Waals surface area contributed by atoms with Crippen LogP contribution in [0, 0.1) is 0 Å². The molecule has 162 valence electrons.